The van der Waals surface area contributed by atoms with Crippen molar-refractivity contribution in [2.75, 3.05) is 0 Å². The van der Waals surface area contributed by atoms with Crippen molar-refractivity contribution in [3.05, 3.63) is 34.7 Å². The lowest BCUT2D eigenvalue weighted by Crippen LogP contribution is -2.17. The molecule has 0 aliphatic rings. The van der Waals surface area contributed by atoms with Crippen LogP contribution in [0.25, 0.3) is 10.9 Å². The minimum atomic E-state index is -0.260. The molecule has 80 valence electrons. The maximum Gasteiger partial charge on any atom is 0.123 e. The largest absolute Gasteiger partial charge is 0.345 e. The van der Waals surface area contributed by atoms with Gasteiger partial charge in [-0.25, -0.2) is 4.39 Å². The molecule has 0 aliphatic carbocycles. The molecule has 0 aliphatic heterocycles. The average Bonchev–Trinajstić information content (AvgIpc) is 2.43. The van der Waals surface area contributed by atoms with Crippen molar-refractivity contribution in [1.29, 1.82) is 0 Å². The van der Waals surface area contributed by atoms with Crippen molar-refractivity contribution in [3.8, 4) is 0 Å². The van der Waals surface area contributed by atoms with Crippen LogP contribution < -0.4 is 5.73 Å². The van der Waals surface area contributed by atoms with E-state index in [2.05, 4.69) is 4.98 Å². The molecular weight excluding hydrogens is 215 g/mol. The SMILES string of the molecule is CC(N)Cc1c(Cl)[nH]c2ccc(F)cc12. The summed E-state index contributed by atoms with van der Waals surface area (Å²) in [7, 11) is 0. The van der Waals surface area contributed by atoms with E-state index in [0.29, 0.717) is 11.6 Å². The molecule has 2 nitrogen and oxygen atoms in total. The molecule has 1 atom stereocenters. The summed E-state index contributed by atoms with van der Waals surface area (Å²) in [4.78, 5) is 3.00. The third-order valence-corrected chi connectivity index (χ3v) is 2.66. The van der Waals surface area contributed by atoms with Crippen LogP contribution in [0.15, 0.2) is 18.2 Å². The van der Waals surface area contributed by atoms with Gasteiger partial charge in [0.15, 0.2) is 0 Å². The van der Waals surface area contributed by atoms with Crippen molar-refractivity contribution in [2.45, 2.75) is 19.4 Å². The Bertz CT molecular complexity index is 491. The quantitative estimate of drug-likeness (QED) is 0.813. The molecule has 0 radical (unpaired) electrons. The van der Waals surface area contributed by atoms with Gasteiger partial charge in [-0.1, -0.05) is 11.6 Å². The van der Waals surface area contributed by atoms with Crippen LogP contribution in [-0.4, -0.2) is 11.0 Å². The highest BCUT2D eigenvalue weighted by Crippen LogP contribution is 2.27. The summed E-state index contributed by atoms with van der Waals surface area (Å²) in [6.07, 6.45) is 0.641. The number of halogens is 2. The lowest BCUT2D eigenvalue weighted by atomic mass is 10.1. The zero-order valence-electron chi connectivity index (χ0n) is 8.35. The normalized spacial score (nSPS) is 13.3. The molecule has 3 N–H and O–H groups in total. The number of nitrogens with two attached hydrogens (primary N) is 1. The third-order valence-electron chi connectivity index (χ3n) is 2.34. The van der Waals surface area contributed by atoms with Gasteiger partial charge in [-0.15, -0.1) is 0 Å². The van der Waals surface area contributed by atoms with Crippen LogP contribution in [0.4, 0.5) is 4.39 Å². The lowest BCUT2D eigenvalue weighted by molar-refractivity contribution is 0.629. The molecule has 0 bridgehead atoms. The topological polar surface area (TPSA) is 41.8 Å². The number of benzene rings is 1. The summed E-state index contributed by atoms with van der Waals surface area (Å²) in [5.74, 6) is -0.260. The highest BCUT2D eigenvalue weighted by molar-refractivity contribution is 6.31. The highest BCUT2D eigenvalue weighted by atomic mass is 35.5. The number of aromatic nitrogens is 1. The van der Waals surface area contributed by atoms with E-state index in [9.17, 15) is 4.39 Å². The van der Waals surface area contributed by atoms with Gasteiger partial charge in [0.05, 0.1) is 0 Å². The minimum Gasteiger partial charge on any atom is -0.345 e. The summed E-state index contributed by atoms with van der Waals surface area (Å²) in [5, 5.41) is 1.37. The number of H-pyrrole nitrogens is 1. The molecule has 0 saturated heterocycles. The minimum absolute atomic E-state index is 0.00441. The van der Waals surface area contributed by atoms with Crippen molar-refractivity contribution in [1.82, 2.24) is 4.98 Å². The number of rotatable bonds is 2. The van der Waals surface area contributed by atoms with E-state index >= 15 is 0 Å². The van der Waals surface area contributed by atoms with E-state index in [1.54, 1.807) is 6.07 Å². The number of fused-ring (bicyclic) bond motifs is 1. The first-order valence-electron chi connectivity index (χ1n) is 4.79. The Morgan fingerprint density at radius 3 is 2.93 bits per heavy atom. The second-order valence-electron chi connectivity index (χ2n) is 3.79. The summed E-state index contributed by atoms with van der Waals surface area (Å²) in [5.41, 5.74) is 7.45. The monoisotopic (exact) mass is 226 g/mol. The molecule has 0 saturated carbocycles. The molecule has 1 aromatic carbocycles. The van der Waals surface area contributed by atoms with E-state index in [4.69, 9.17) is 17.3 Å². The molecule has 2 aromatic rings. The van der Waals surface area contributed by atoms with Gasteiger partial charge in [-0.05, 0) is 37.1 Å². The fourth-order valence-electron chi connectivity index (χ4n) is 1.71. The van der Waals surface area contributed by atoms with E-state index < -0.39 is 0 Å². The lowest BCUT2D eigenvalue weighted by Gasteiger charge is -2.03. The predicted molar refractivity (Wildman–Crippen MR) is 60.6 cm³/mol. The molecule has 0 spiro atoms. The third kappa shape index (κ3) is 1.98. The number of hydrogen-bond donors (Lipinski definition) is 2. The molecule has 2 rings (SSSR count). The summed E-state index contributed by atoms with van der Waals surface area (Å²) in [6, 6.07) is 4.58. The van der Waals surface area contributed by atoms with Gasteiger partial charge < -0.3 is 10.7 Å². The zero-order chi connectivity index (χ0) is 11.0. The van der Waals surface area contributed by atoms with Crippen LogP contribution >= 0.6 is 11.6 Å². The Kier molecular flexibility index (Phi) is 2.67. The highest BCUT2D eigenvalue weighted by Gasteiger charge is 2.11. The Labute approximate surface area is 92.2 Å². The fourth-order valence-corrected chi connectivity index (χ4v) is 1.99. The van der Waals surface area contributed by atoms with Gasteiger partial charge in [0.25, 0.3) is 0 Å². The molecule has 0 amide bonds. The standard InChI is InChI=1S/C11H12ClFN2/c1-6(14)4-9-8-5-7(13)2-3-10(8)15-11(9)12/h2-3,5-6,15H,4,14H2,1H3. The summed E-state index contributed by atoms with van der Waals surface area (Å²) < 4.78 is 13.1. The Morgan fingerprint density at radius 2 is 2.27 bits per heavy atom. The molecule has 4 heteroatoms. The van der Waals surface area contributed by atoms with Crippen molar-refractivity contribution in [3.63, 3.8) is 0 Å². The van der Waals surface area contributed by atoms with Crippen molar-refractivity contribution < 1.29 is 4.39 Å². The molecule has 1 unspecified atom stereocenters. The van der Waals surface area contributed by atoms with Gasteiger partial charge in [0, 0.05) is 16.9 Å². The first kappa shape index (κ1) is 10.5. The van der Waals surface area contributed by atoms with E-state index in [1.165, 1.54) is 12.1 Å². The number of nitrogens with one attached hydrogen (secondary N) is 1. The van der Waals surface area contributed by atoms with E-state index in [-0.39, 0.29) is 11.9 Å². The Hall–Kier alpha value is -1.06. The number of aromatic amines is 1. The molecular formula is C11H12ClFN2. The van der Waals surface area contributed by atoms with Crippen LogP contribution in [-0.2, 0) is 6.42 Å². The van der Waals surface area contributed by atoms with Crippen LogP contribution in [0.1, 0.15) is 12.5 Å². The van der Waals surface area contributed by atoms with Gasteiger partial charge in [-0.2, -0.15) is 0 Å². The fraction of sp³-hybridized carbons (Fsp3) is 0.273. The number of hydrogen-bond acceptors (Lipinski definition) is 1. The average molecular weight is 227 g/mol. The first-order valence-corrected chi connectivity index (χ1v) is 5.17. The van der Waals surface area contributed by atoms with E-state index in [0.717, 1.165) is 16.5 Å². The van der Waals surface area contributed by atoms with Gasteiger partial charge in [0.1, 0.15) is 11.0 Å². The van der Waals surface area contributed by atoms with Crippen LogP contribution in [0.2, 0.25) is 5.15 Å². The maximum atomic E-state index is 13.1. The molecule has 1 aromatic heterocycles. The van der Waals surface area contributed by atoms with Gasteiger partial charge in [-0.3, -0.25) is 0 Å². The van der Waals surface area contributed by atoms with Crippen molar-refractivity contribution in [2.24, 2.45) is 5.73 Å². The second kappa shape index (κ2) is 3.83. The van der Waals surface area contributed by atoms with Crippen molar-refractivity contribution >= 4 is 22.5 Å². The van der Waals surface area contributed by atoms with Gasteiger partial charge >= 0.3 is 0 Å². The summed E-state index contributed by atoms with van der Waals surface area (Å²) >= 11 is 6.03. The predicted octanol–water partition coefficient (Wildman–Crippen LogP) is 2.85. The van der Waals surface area contributed by atoms with Gasteiger partial charge in [0.2, 0.25) is 0 Å². The Balaban J connectivity index is 2.60. The molecule has 15 heavy (non-hydrogen) atoms. The van der Waals surface area contributed by atoms with Crippen LogP contribution in [0.3, 0.4) is 0 Å². The van der Waals surface area contributed by atoms with E-state index in [1.807, 2.05) is 6.92 Å². The van der Waals surface area contributed by atoms with Crippen LogP contribution in [0, 0.1) is 5.82 Å². The Morgan fingerprint density at radius 1 is 1.53 bits per heavy atom. The zero-order valence-corrected chi connectivity index (χ0v) is 9.11. The van der Waals surface area contributed by atoms with Crippen LogP contribution in [0.5, 0.6) is 0 Å². The summed E-state index contributed by atoms with van der Waals surface area (Å²) in [6.45, 7) is 1.90. The second-order valence-corrected chi connectivity index (χ2v) is 4.17. The molecule has 0 fully saturated rings. The first-order chi connectivity index (χ1) is 7.08. The smallest absolute Gasteiger partial charge is 0.123 e. The maximum absolute atomic E-state index is 13.1. The molecule has 1 heterocycles.